The van der Waals surface area contributed by atoms with Gasteiger partial charge in [0.25, 0.3) is 0 Å². The van der Waals surface area contributed by atoms with Gasteiger partial charge in [-0.15, -0.1) is 0 Å². The SMILES string of the molecule is NC12CCC(C(=O)N(Cc3ccccc3)Cc3ccccc3)(C1)C2. The van der Waals surface area contributed by atoms with Gasteiger partial charge in [-0.3, -0.25) is 4.79 Å². The molecular weight excluding hydrogens is 296 g/mol. The predicted molar refractivity (Wildman–Crippen MR) is 95.0 cm³/mol. The Morgan fingerprint density at radius 2 is 1.38 bits per heavy atom. The standard InChI is InChI=1S/C21H24N2O/c22-21-12-11-20(15-21,16-21)19(24)23(13-17-7-3-1-4-8-17)14-18-9-5-2-6-10-18/h1-10H,11-16,22H2. The van der Waals surface area contributed by atoms with Gasteiger partial charge < -0.3 is 10.6 Å². The molecular formula is C21H24N2O. The van der Waals surface area contributed by atoms with Crippen LogP contribution < -0.4 is 5.73 Å². The van der Waals surface area contributed by atoms with Crippen molar-refractivity contribution >= 4 is 5.91 Å². The number of fused-ring (bicyclic) bond motifs is 1. The average Bonchev–Trinajstić information content (AvgIpc) is 3.10. The maximum absolute atomic E-state index is 13.3. The van der Waals surface area contributed by atoms with Crippen LogP contribution in [0.15, 0.2) is 60.7 Å². The second-order valence-corrected chi connectivity index (χ2v) is 7.63. The van der Waals surface area contributed by atoms with Crippen molar-refractivity contribution in [1.29, 1.82) is 0 Å². The molecule has 0 heterocycles. The van der Waals surface area contributed by atoms with Gasteiger partial charge in [0.1, 0.15) is 0 Å². The van der Waals surface area contributed by atoms with E-state index in [1.807, 2.05) is 41.3 Å². The Balaban J connectivity index is 1.57. The molecule has 3 aliphatic rings. The first kappa shape index (κ1) is 15.4. The van der Waals surface area contributed by atoms with E-state index in [1.54, 1.807) is 0 Å². The van der Waals surface area contributed by atoms with Gasteiger partial charge in [0.2, 0.25) is 5.91 Å². The van der Waals surface area contributed by atoms with Crippen molar-refractivity contribution < 1.29 is 4.79 Å². The molecule has 0 radical (unpaired) electrons. The van der Waals surface area contributed by atoms with Crippen LogP contribution >= 0.6 is 0 Å². The van der Waals surface area contributed by atoms with Crippen LogP contribution in [0.5, 0.6) is 0 Å². The smallest absolute Gasteiger partial charge is 0.229 e. The molecule has 2 aromatic carbocycles. The molecule has 3 fully saturated rings. The molecule has 0 atom stereocenters. The minimum Gasteiger partial charge on any atom is -0.334 e. The first-order valence-electron chi connectivity index (χ1n) is 8.75. The van der Waals surface area contributed by atoms with Crippen molar-refractivity contribution in [2.75, 3.05) is 0 Å². The maximum Gasteiger partial charge on any atom is 0.229 e. The van der Waals surface area contributed by atoms with Gasteiger partial charge in [-0.2, -0.15) is 0 Å². The Kier molecular flexibility index (Phi) is 3.69. The topological polar surface area (TPSA) is 46.3 Å². The molecule has 5 rings (SSSR count). The fourth-order valence-corrected chi connectivity index (χ4v) is 4.54. The molecule has 2 N–H and O–H groups in total. The van der Waals surface area contributed by atoms with E-state index < -0.39 is 0 Å². The third kappa shape index (κ3) is 2.73. The minimum atomic E-state index is -0.196. The van der Waals surface area contributed by atoms with Crippen LogP contribution in [0, 0.1) is 5.41 Å². The highest BCUT2D eigenvalue weighted by Crippen LogP contribution is 2.61. The Bertz CT molecular complexity index is 679. The lowest BCUT2D eigenvalue weighted by molar-refractivity contribution is -0.148. The quantitative estimate of drug-likeness (QED) is 0.916. The van der Waals surface area contributed by atoms with E-state index in [0.717, 1.165) is 25.7 Å². The van der Waals surface area contributed by atoms with Crippen molar-refractivity contribution in [1.82, 2.24) is 4.90 Å². The zero-order valence-electron chi connectivity index (χ0n) is 13.9. The number of hydrogen-bond donors (Lipinski definition) is 1. The summed E-state index contributed by atoms with van der Waals surface area (Å²) in [5.74, 6) is 0.286. The zero-order chi connectivity index (χ0) is 16.6. The molecule has 2 bridgehead atoms. The van der Waals surface area contributed by atoms with E-state index in [4.69, 9.17) is 5.73 Å². The van der Waals surface area contributed by atoms with Gasteiger partial charge >= 0.3 is 0 Å². The van der Waals surface area contributed by atoms with Crippen LogP contribution in [0.3, 0.4) is 0 Å². The summed E-state index contributed by atoms with van der Waals surface area (Å²) in [6.45, 7) is 1.32. The van der Waals surface area contributed by atoms with Crippen molar-refractivity contribution in [2.24, 2.45) is 11.1 Å². The van der Waals surface area contributed by atoms with E-state index in [1.165, 1.54) is 11.1 Å². The van der Waals surface area contributed by atoms with Crippen molar-refractivity contribution in [3.05, 3.63) is 71.8 Å². The van der Waals surface area contributed by atoms with E-state index in [2.05, 4.69) is 24.3 Å². The van der Waals surface area contributed by atoms with Crippen LogP contribution in [0.25, 0.3) is 0 Å². The lowest BCUT2D eigenvalue weighted by Crippen LogP contribution is -2.56. The molecule has 1 amide bonds. The molecule has 0 saturated heterocycles. The Morgan fingerprint density at radius 3 is 1.79 bits per heavy atom. The normalized spacial score (nSPS) is 27.5. The van der Waals surface area contributed by atoms with Gasteiger partial charge in [-0.05, 0) is 36.8 Å². The molecule has 3 heteroatoms. The Morgan fingerprint density at radius 1 is 0.875 bits per heavy atom. The molecule has 0 unspecified atom stereocenters. The molecule has 0 aliphatic heterocycles. The van der Waals surface area contributed by atoms with Gasteiger partial charge in [-0.1, -0.05) is 60.7 Å². The number of rotatable bonds is 5. The molecule has 3 saturated carbocycles. The molecule has 0 aromatic heterocycles. The summed E-state index contributed by atoms with van der Waals surface area (Å²) in [5, 5.41) is 0. The van der Waals surface area contributed by atoms with Crippen LogP contribution in [-0.2, 0) is 17.9 Å². The van der Waals surface area contributed by atoms with E-state index >= 15 is 0 Å². The summed E-state index contributed by atoms with van der Waals surface area (Å²) >= 11 is 0. The molecule has 0 spiro atoms. The largest absolute Gasteiger partial charge is 0.334 e. The van der Waals surface area contributed by atoms with Gasteiger partial charge in [-0.25, -0.2) is 0 Å². The summed E-state index contributed by atoms with van der Waals surface area (Å²) in [4.78, 5) is 15.3. The average molecular weight is 320 g/mol. The minimum absolute atomic E-state index is 0.0686. The van der Waals surface area contributed by atoms with E-state index in [9.17, 15) is 4.79 Å². The number of amides is 1. The summed E-state index contributed by atoms with van der Waals surface area (Å²) in [5.41, 5.74) is 8.39. The molecule has 2 aromatic rings. The van der Waals surface area contributed by atoms with Crippen LogP contribution in [0.2, 0.25) is 0 Å². The van der Waals surface area contributed by atoms with Crippen molar-refractivity contribution in [3.63, 3.8) is 0 Å². The number of carbonyl (C=O) groups excluding carboxylic acids is 1. The second-order valence-electron chi connectivity index (χ2n) is 7.63. The number of nitrogens with zero attached hydrogens (tertiary/aromatic N) is 1. The fraction of sp³-hybridized carbons (Fsp3) is 0.381. The highest BCUT2D eigenvalue weighted by molar-refractivity contribution is 5.85. The lowest BCUT2D eigenvalue weighted by atomic mass is 9.64. The second kappa shape index (κ2) is 5.75. The van der Waals surface area contributed by atoms with Crippen LogP contribution in [-0.4, -0.2) is 16.3 Å². The van der Waals surface area contributed by atoms with Crippen molar-refractivity contribution in [3.8, 4) is 0 Å². The first-order valence-corrected chi connectivity index (χ1v) is 8.75. The fourth-order valence-electron chi connectivity index (χ4n) is 4.54. The highest BCUT2D eigenvalue weighted by Gasteiger charge is 2.63. The molecule has 24 heavy (non-hydrogen) atoms. The summed E-state index contributed by atoms with van der Waals surface area (Å²) in [7, 11) is 0. The van der Waals surface area contributed by atoms with Gasteiger partial charge in [0.05, 0.1) is 5.41 Å². The van der Waals surface area contributed by atoms with Gasteiger partial charge in [0.15, 0.2) is 0 Å². The van der Waals surface area contributed by atoms with E-state index in [-0.39, 0.29) is 16.9 Å². The van der Waals surface area contributed by atoms with E-state index in [0.29, 0.717) is 13.1 Å². The Hall–Kier alpha value is -2.13. The van der Waals surface area contributed by atoms with Crippen molar-refractivity contribution in [2.45, 2.75) is 44.3 Å². The third-order valence-corrected chi connectivity index (χ3v) is 5.66. The first-order chi connectivity index (χ1) is 11.6. The zero-order valence-corrected chi connectivity index (χ0v) is 13.9. The number of nitrogens with two attached hydrogens (primary N) is 1. The Labute approximate surface area is 143 Å². The predicted octanol–water partition coefficient (Wildman–Crippen LogP) is 3.49. The summed E-state index contributed by atoms with van der Waals surface area (Å²) < 4.78 is 0. The summed E-state index contributed by atoms with van der Waals surface area (Å²) in [6, 6.07) is 20.5. The number of carbonyl (C=O) groups is 1. The van der Waals surface area contributed by atoms with Crippen LogP contribution in [0.1, 0.15) is 36.8 Å². The lowest BCUT2D eigenvalue weighted by Gasteiger charge is -2.46. The highest BCUT2D eigenvalue weighted by atomic mass is 16.2. The third-order valence-electron chi connectivity index (χ3n) is 5.66. The number of benzene rings is 2. The summed E-state index contributed by atoms with van der Waals surface area (Å²) in [6.07, 6.45) is 3.66. The van der Waals surface area contributed by atoms with Gasteiger partial charge in [0, 0.05) is 18.6 Å². The molecule has 3 nitrogen and oxygen atoms in total. The number of hydrogen-bond acceptors (Lipinski definition) is 2. The monoisotopic (exact) mass is 320 g/mol. The van der Waals surface area contributed by atoms with Crippen LogP contribution in [0.4, 0.5) is 0 Å². The maximum atomic E-state index is 13.3. The molecule has 3 aliphatic carbocycles. The molecule has 124 valence electrons.